The van der Waals surface area contributed by atoms with Crippen molar-refractivity contribution in [2.24, 2.45) is 5.92 Å². The Hall–Kier alpha value is -1.40. The normalized spacial score (nSPS) is 31.7. The highest BCUT2D eigenvalue weighted by atomic mass is 35.5. The van der Waals surface area contributed by atoms with Gasteiger partial charge in [0.25, 0.3) is 5.56 Å². The van der Waals surface area contributed by atoms with Crippen molar-refractivity contribution in [3.8, 4) is 0 Å². The average molecular weight is 447 g/mol. The van der Waals surface area contributed by atoms with Gasteiger partial charge in [0.05, 0.1) is 12.2 Å². The van der Waals surface area contributed by atoms with Crippen molar-refractivity contribution < 1.29 is 4.79 Å². The van der Waals surface area contributed by atoms with E-state index in [2.05, 4.69) is 9.80 Å². The number of rotatable bonds is 3. The highest BCUT2D eigenvalue weighted by molar-refractivity contribution is 6.21. The third-order valence-electron chi connectivity index (χ3n) is 8.05. The fourth-order valence-electron chi connectivity index (χ4n) is 6.34. The maximum Gasteiger partial charge on any atom is 0.253 e. The van der Waals surface area contributed by atoms with Gasteiger partial charge in [-0.25, -0.2) is 4.98 Å². The molecule has 0 radical (unpaired) electrons. The van der Waals surface area contributed by atoms with Crippen LogP contribution in [0.4, 0.5) is 0 Å². The molecule has 1 aromatic heterocycles. The first-order valence-corrected chi connectivity index (χ1v) is 12.8. The van der Waals surface area contributed by atoms with Crippen molar-refractivity contribution in [3.63, 3.8) is 0 Å². The minimum Gasteiger partial charge on any atom is -0.338 e. The highest BCUT2D eigenvalue weighted by Crippen LogP contribution is 2.38. The van der Waals surface area contributed by atoms with E-state index in [1.807, 2.05) is 4.57 Å². The van der Waals surface area contributed by atoms with E-state index in [1.54, 1.807) is 6.07 Å². The number of halogens is 1. The summed E-state index contributed by atoms with van der Waals surface area (Å²) >= 11 is 6.61. The fraction of sp³-hybridized carbons (Fsp3) is 0.792. The molecule has 1 aliphatic carbocycles. The molecule has 1 saturated carbocycles. The third kappa shape index (κ3) is 4.43. The second-order valence-electron chi connectivity index (χ2n) is 10.0. The SMILES string of the molecule is O=C(CN1CC[C@H](c2cc(=O)n3c(n2)CCCCC3)C1)N1CC[C@H](Cl)[C@H]2CCCC[C@@H]21. The number of aromatic nitrogens is 2. The number of carbonyl (C=O) groups is 1. The quantitative estimate of drug-likeness (QED) is 0.669. The Morgan fingerprint density at radius 2 is 1.90 bits per heavy atom. The lowest BCUT2D eigenvalue weighted by Crippen LogP contribution is -2.55. The lowest BCUT2D eigenvalue weighted by molar-refractivity contribution is -0.138. The average Bonchev–Trinajstić information content (AvgIpc) is 3.10. The van der Waals surface area contributed by atoms with Gasteiger partial charge in [-0.1, -0.05) is 19.3 Å². The molecule has 31 heavy (non-hydrogen) atoms. The minimum absolute atomic E-state index is 0.101. The number of aryl methyl sites for hydroxylation is 1. The van der Waals surface area contributed by atoms with Crippen LogP contribution in [0.1, 0.15) is 75.2 Å². The molecule has 6 nitrogen and oxygen atoms in total. The van der Waals surface area contributed by atoms with Crippen molar-refractivity contribution in [1.29, 1.82) is 0 Å². The number of hydrogen-bond acceptors (Lipinski definition) is 4. The zero-order valence-electron chi connectivity index (χ0n) is 18.5. The summed E-state index contributed by atoms with van der Waals surface area (Å²) in [4.78, 5) is 35.2. The number of alkyl halides is 1. The largest absolute Gasteiger partial charge is 0.338 e. The highest BCUT2D eigenvalue weighted by Gasteiger charge is 2.41. The summed E-state index contributed by atoms with van der Waals surface area (Å²) < 4.78 is 1.87. The Morgan fingerprint density at radius 3 is 2.81 bits per heavy atom. The number of nitrogens with zero attached hydrogens (tertiary/aromatic N) is 4. The van der Waals surface area contributed by atoms with Gasteiger partial charge < -0.3 is 4.90 Å². The van der Waals surface area contributed by atoms with Crippen molar-refractivity contribution in [1.82, 2.24) is 19.4 Å². The first kappa shape index (κ1) is 21.4. The van der Waals surface area contributed by atoms with E-state index in [1.165, 1.54) is 19.3 Å². The van der Waals surface area contributed by atoms with Crippen LogP contribution in [-0.2, 0) is 17.8 Å². The van der Waals surface area contributed by atoms with E-state index in [4.69, 9.17) is 16.6 Å². The summed E-state index contributed by atoms with van der Waals surface area (Å²) in [5, 5.41) is 0.226. The van der Waals surface area contributed by atoms with Crippen LogP contribution in [0, 0.1) is 5.92 Å². The number of hydrogen-bond donors (Lipinski definition) is 0. The second-order valence-corrected chi connectivity index (χ2v) is 10.6. The molecule has 170 valence electrons. The molecule has 3 aliphatic heterocycles. The summed E-state index contributed by atoms with van der Waals surface area (Å²) in [6, 6.07) is 2.09. The first-order valence-electron chi connectivity index (χ1n) is 12.4. The molecule has 7 heteroatoms. The topological polar surface area (TPSA) is 58.4 Å². The standard InChI is InChI=1S/C24H35ClN4O2/c25-19-10-13-28(21-7-4-3-6-18(19)21)24(31)16-27-12-9-17(15-27)20-14-23(30)29-11-5-1-2-8-22(29)26-20/h14,17-19,21H,1-13,15-16H2/t17-,18+,19-,21-/m0/s1. The van der Waals surface area contributed by atoms with Crippen molar-refractivity contribution in [2.75, 3.05) is 26.2 Å². The molecule has 4 aliphatic rings. The van der Waals surface area contributed by atoms with Crippen molar-refractivity contribution in [2.45, 2.75) is 88.1 Å². The van der Waals surface area contributed by atoms with Crippen molar-refractivity contribution >= 4 is 17.5 Å². The lowest BCUT2D eigenvalue weighted by atomic mass is 9.78. The van der Waals surface area contributed by atoms with Gasteiger partial charge in [-0.3, -0.25) is 19.1 Å². The third-order valence-corrected chi connectivity index (χ3v) is 8.59. The minimum atomic E-state index is 0.101. The van der Waals surface area contributed by atoms with Gasteiger partial charge in [-0.15, -0.1) is 11.6 Å². The molecule has 0 N–H and O–H groups in total. The van der Waals surface area contributed by atoms with E-state index in [0.29, 0.717) is 18.5 Å². The van der Waals surface area contributed by atoms with E-state index >= 15 is 0 Å². The Bertz CT molecular complexity index is 872. The molecule has 0 unspecified atom stereocenters. The van der Waals surface area contributed by atoms with Gasteiger partial charge in [0.2, 0.25) is 5.91 Å². The molecule has 4 heterocycles. The van der Waals surface area contributed by atoms with Gasteiger partial charge >= 0.3 is 0 Å². The molecule has 0 aromatic carbocycles. The number of amides is 1. The number of likely N-dealkylation sites (tertiary alicyclic amines) is 2. The number of fused-ring (bicyclic) bond motifs is 2. The Morgan fingerprint density at radius 1 is 1.03 bits per heavy atom. The molecule has 0 bridgehead atoms. The Labute approximate surface area is 190 Å². The summed E-state index contributed by atoms with van der Waals surface area (Å²) in [6.45, 7) is 3.80. The first-order chi connectivity index (χ1) is 15.1. The zero-order valence-corrected chi connectivity index (χ0v) is 19.2. The van der Waals surface area contributed by atoms with Crippen LogP contribution in [0.3, 0.4) is 0 Å². The van der Waals surface area contributed by atoms with Crippen LogP contribution in [0.5, 0.6) is 0 Å². The molecule has 4 atom stereocenters. The predicted octanol–water partition coefficient (Wildman–Crippen LogP) is 3.16. The second kappa shape index (κ2) is 9.22. The smallest absolute Gasteiger partial charge is 0.253 e. The molecule has 1 aromatic rings. The van der Waals surface area contributed by atoms with Crippen LogP contribution in [-0.4, -0.2) is 62.9 Å². The number of carbonyl (C=O) groups excluding carboxylic acids is 1. The summed E-state index contributed by atoms with van der Waals surface area (Å²) in [6.07, 6.45) is 10.8. The molecule has 5 rings (SSSR count). The lowest BCUT2D eigenvalue weighted by Gasteiger charge is -2.46. The van der Waals surface area contributed by atoms with Crippen LogP contribution >= 0.6 is 11.6 Å². The molecule has 3 fully saturated rings. The maximum absolute atomic E-state index is 13.2. The van der Waals surface area contributed by atoms with Crippen LogP contribution < -0.4 is 5.56 Å². The molecule has 2 saturated heterocycles. The molecular weight excluding hydrogens is 412 g/mol. The monoisotopic (exact) mass is 446 g/mol. The summed E-state index contributed by atoms with van der Waals surface area (Å²) in [7, 11) is 0. The van der Waals surface area contributed by atoms with E-state index in [-0.39, 0.29) is 22.8 Å². The molecular formula is C24H35ClN4O2. The maximum atomic E-state index is 13.2. The van der Waals surface area contributed by atoms with E-state index < -0.39 is 0 Å². The number of piperidine rings is 1. The summed E-state index contributed by atoms with van der Waals surface area (Å²) in [5.74, 6) is 1.94. The van der Waals surface area contributed by atoms with Crippen molar-refractivity contribution in [3.05, 3.63) is 27.9 Å². The van der Waals surface area contributed by atoms with Crippen LogP contribution in [0.15, 0.2) is 10.9 Å². The fourth-order valence-corrected chi connectivity index (χ4v) is 6.73. The van der Waals surface area contributed by atoms with Gasteiger partial charge in [-0.05, 0) is 51.0 Å². The van der Waals surface area contributed by atoms with E-state index in [9.17, 15) is 9.59 Å². The van der Waals surface area contributed by atoms with Crippen LogP contribution in [0.2, 0.25) is 0 Å². The van der Waals surface area contributed by atoms with Crippen LogP contribution in [0.25, 0.3) is 0 Å². The predicted molar refractivity (Wildman–Crippen MR) is 122 cm³/mol. The van der Waals surface area contributed by atoms with E-state index in [0.717, 1.165) is 82.6 Å². The Balaban J connectivity index is 1.23. The van der Waals surface area contributed by atoms with Gasteiger partial charge in [-0.2, -0.15) is 0 Å². The zero-order chi connectivity index (χ0) is 21.4. The summed E-state index contributed by atoms with van der Waals surface area (Å²) in [5.41, 5.74) is 1.03. The van der Waals surface area contributed by atoms with Gasteiger partial charge in [0, 0.05) is 49.5 Å². The molecule has 0 spiro atoms. The molecule has 1 amide bonds. The van der Waals surface area contributed by atoms with Gasteiger partial charge in [0.1, 0.15) is 5.82 Å². The Kier molecular flexibility index (Phi) is 6.38. The van der Waals surface area contributed by atoms with Gasteiger partial charge in [0.15, 0.2) is 0 Å².